The van der Waals surface area contributed by atoms with Crippen molar-refractivity contribution in [1.29, 1.82) is 0 Å². The van der Waals surface area contributed by atoms with Gasteiger partial charge in [0.2, 0.25) is 5.91 Å². The summed E-state index contributed by atoms with van der Waals surface area (Å²) in [6.07, 6.45) is 0. The summed E-state index contributed by atoms with van der Waals surface area (Å²) < 4.78 is 17.1. The number of carbonyl (C=O) groups excluding carboxylic acids is 2. The number of benzene rings is 2. The lowest BCUT2D eigenvalue weighted by atomic mass is 10.2. The van der Waals surface area contributed by atoms with E-state index < -0.39 is 5.97 Å². The number of anilines is 1. The molecule has 0 radical (unpaired) electrons. The van der Waals surface area contributed by atoms with Crippen LogP contribution in [0.5, 0.6) is 5.75 Å². The molecule has 0 aliphatic rings. The minimum atomic E-state index is -0.453. The second kappa shape index (κ2) is 9.65. The standard InChI is InChI=1S/C20H19N3O5S/c1-2-26-19(25)14-7-6-8-15(11-14)21-17(24)12-23-20(29)28-18(22-23)13-27-16-9-4-3-5-10-16/h3-11H,2,12-13H2,1H3,(H,21,24). The number of amides is 1. The van der Waals surface area contributed by atoms with Crippen LogP contribution in [0.3, 0.4) is 0 Å². The predicted molar refractivity (Wildman–Crippen MR) is 107 cm³/mol. The summed E-state index contributed by atoms with van der Waals surface area (Å²) in [4.78, 5) is 24.2. The SMILES string of the molecule is CCOC(=O)c1cccc(NC(=O)Cn2nc(COc3ccccc3)oc2=S)c1. The van der Waals surface area contributed by atoms with Crippen molar-refractivity contribution in [2.24, 2.45) is 0 Å². The zero-order chi connectivity index (χ0) is 20.6. The fraction of sp³-hybridized carbons (Fsp3) is 0.200. The van der Waals surface area contributed by atoms with Gasteiger partial charge in [0, 0.05) is 5.69 Å². The zero-order valence-electron chi connectivity index (χ0n) is 15.7. The van der Waals surface area contributed by atoms with E-state index in [-0.39, 0.29) is 36.4 Å². The third-order valence-corrected chi connectivity index (χ3v) is 4.00. The van der Waals surface area contributed by atoms with Crippen molar-refractivity contribution in [3.05, 3.63) is 70.9 Å². The molecule has 0 saturated carbocycles. The summed E-state index contributed by atoms with van der Waals surface area (Å²) >= 11 is 5.11. The number of hydrogen-bond donors (Lipinski definition) is 1. The number of para-hydroxylation sites is 1. The molecular weight excluding hydrogens is 394 g/mol. The molecule has 3 aromatic rings. The Labute approximate surface area is 172 Å². The maximum absolute atomic E-state index is 12.3. The molecule has 0 unspecified atom stereocenters. The van der Waals surface area contributed by atoms with Crippen molar-refractivity contribution >= 4 is 29.8 Å². The zero-order valence-corrected chi connectivity index (χ0v) is 16.5. The van der Waals surface area contributed by atoms with E-state index in [1.807, 2.05) is 30.3 Å². The highest BCUT2D eigenvalue weighted by atomic mass is 32.1. The largest absolute Gasteiger partial charge is 0.484 e. The van der Waals surface area contributed by atoms with Crippen LogP contribution in [0.4, 0.5) is 5.69 Å². The summed E-state index contributed by atoms with van der Waals surface area (Å²) in [6, 6.07) is 15.7. The first-order chi connectivity index (χ1) is 14.0. The molecule has 2 aromatic carbocycles. The monoisotopic (exact) mass is 413 g/mol. The Hall–Kier alpha value is -3.46. The van der Waals surface area contributed by atoms with Crippen LogP contribution in [0.15, 0.2) is 59.0 Å². The van der Waals surface area contributed by atoms with Crippen molar-refractivity contribution in [3.63, 3.8) is 0 Å². The van der Waals surface area contributed by atoms with Gasteiger partial charge in [-0.25, -0.2) is 9.48 Å². The highest BCUT2D eigenvalue weighted by molar-refractivity contribution is 7.71. The number of aromatic nitrogens is 2. The quantitative estimate of drug-likeness (QED) is 0.445. The summed E-state index contributed by atoms with van der Waals surface area (Å²) in [5.41, 5.74) is 0.811. The lowest BCUT2D eigenvalue weighted by Gasteiger charge is -2.07. The smallest absolute Gasteiger partial charge is 0.338 e. The van der Waals surface area contributed by atoms with Crippen LogP contribution in [-0.4, -0.2) is 28.3 Å². The topological polar surface area (TPSA) is 95.6 Å². The summed E-state index contributed by atoms with van der Waals surface area (Å²) in [5.74, 6) is 0.106. The first kappa shape index (κ1) is 20.3. The summed E-state index contributed by atoms with van der Waals surface area (Å²) in [6.45, 7) is 1.95. The summed E-state index contributed by atoms with van der Waals surface area (Å²) in [5, 5.41) is 6.86. The molecule has 8 nitrogen and oxygen atoms in total. The number of esters is 1. The van der Waals surface area contributed by atoms with Crippen molar-refractivity contribution in [2.75, 3.05) is 11.9 Å². The first-order valence-corrected chi connectivity index (χ1v) is 9.27. The van der Waals surface area contributed by atoms with Crippen molar-refractivity contribution in [3.8, 4) is 5.75 Å². The highest BCUT2D eigenvalue weighted by Crippen LogP contribution is 2.13. The number of carbonyl (C=O) groups is 2. The Kier molecular flexibility index (Phi) is 6.75. The molecule has 0 aliphatic heterocycles. The second-order valence-corrected chi connectivity index (χ2v) is 6.22. The van der Waals surface area contributed by atoms with Crippen LogP contribution in [0.25, 0.3) is 0 Å². The van der Waals surface area contributed by atoms with Crippen LogP contribution >= 0.6 is 12.2 Å². The fourth-order valence-corrected chi connectivity index (χ4v) is 2.65. The Morgan fingerprint density at radius 2 is 1.97 bits per heavy atom. The number of hydrogen-bond acceptors (Lipinski definition) is 7. The molecular formula is C20H19N3O5S. The predicted octanol–water partition coefficient (Wildman–Crippen LogP) is 3.60. The van der Waals surface area contributed by atoms with Crippen molar-refractivity contribution in [2.45, 2.75) is 20.1 Å². The van der Waals surface area contributed by atoms with Crippen LogP contribution in [0.1, 0.15) is 23.2 Å². The Balaban J connectivity index is 1.59. The Morgan fingerprint density at radius 3 is 2.72 bits per heavy atom. The lowest BCUT2D eigenvalue weighted by molar-refractivity contribution is -0.117. The molecule has 3 rings (SSSR count). The van der Waals surface area contributed by atoms with Gasteiger partial charge >= 0.3 is 5.97 Å². The van der Waals surface area contributed by atoms with E-state index in [0.717, 1.165) is 0 Å². The molecule has 0 fully saturated rings. The van der Waals surface area contributed by atoms with Gasteiger partial charge in [-0.2, -0.15) is 0 Å². The van der Waals surface area contributed by atoms with Gasteiger partial charge in [0.25, 0.3) is 10.7 Å². The molecule has 0 atom stereocenters. The van der Waals surface area contributed by atoms with E-state index in [1.54, 1.807) is 25.1 Å². The number of ether oxygens (including phenoxy) is 2. The van der Waals surface area contributed by atoms with Gasteiger partial charge in [-0.1, -0.05) is 24.3 Å². The highest BCUT2D eigenvalue weighted by Gasteiger charge is 2.12. The molecule has 1 heterocycles. The molecule has 9 heteroatoms. The Bertz CT molecular complexity index is 1050. The minimum absolute atomic E-state index is 0.0621. The van der Waals surface area contributed by atoms with Crippen LogP contribution in [-0.2, 0) is 22.7 Å². The van der Waals surface area contributed by atoms with Crippen molar-refractivity contribution in [1.82, 2.24) is 9.78 Å². The molecule has 0 bridgehead atoms. The normalized spacial score (nSPS) is 10.4. The molecule has 0 aliphatic carbocycles. The van der Waals surface area contributed by atoms with E-state index in [1.165, 1.54) is 10.7 Å². The van der Waals surface area contributed by atoms with Gasteiger partial charge < -0.3 is 19.2 Å². The van der Waals surface area contributed by atoms with Crippen LogP contribution in [0, 0.1) is 4.84 Å². The lowest BCUT2D eigenvalue weighted by Crippen LogP contribution is -2.20. The van der Waals surface area contributed by atoms with Crippen molar-refractivity contribution < 1.29 is 23.5 Å². The Morgan fingerprint density at radius 1 is 1.17 bits per heavy atom. The van der Waals surface area contributed by atoms with E-state index in [4.69, 9.17) is 26.1 Å². The molecule has 0 spiro atoms. The number of nitrogens with zero attached hydrogens (tertiary/aromatic N) is 2. The maximum atomic E-state index is 12.3. The first-order valence-electron chi connectivity index (χ1n) is 8.87. The number of nitrogens with one attached hydrogen (secondary N) is 1. The van der Waals surface area contributed by atoms with Gasteiger partial charge in [0.15, 0.2) is 6.61 Å². The van der Waals surface area contributed by atoms with E-state index in [2.05, 4.69) is 10.4 Å². The molecule has 1 amide bonds. The van der Waals surface area contributed by atoms with Gasteiger partial charge in [-0.05, 0) is 49.5 Å². The number of rotatable bonds is 8. The molecule has 1 aromatic heterocycles. The van der Waals surface area contributed by atoms with Crippen LogP contribution in [0.2, 0.25) is 0 Å². The fourth-order valence-electron chi connectivity index (χ4n) is 2.44. The average Bonchev–Trinajstić information content (AvgIpc) is 3.06. The van der Waals surface area contributed by atoms with E-state index in [0.29, 0.717) is 17.0 Å². The second-order valence-electron chi connectivity index (χ2n) is 5.87. The average molecular weight is 413 g/mol. The van der Waals surface area contributed by atoms with Gasteiger partial charge in [-0.3, -0.25) is 4.79 Å². The molecule has 150 valence electrons. The van der Waals surface area contributed by atoms with Gasteiger partial charge in [0.05, 0.1) is 12.2 Å². The third-order valence-electron chi connectivity index (χ3n) is 3.70. The van der Waals surface area contributed by atoms with Gasteiger partial charge in [0.1, 0.15) is 12.3 Å². The summed E-state index contributed by atoms with van der Waals surface area (Å²) in [7, 11) is 0. The minimum Gasteiger partial charge on any atom is -0.484 e. The van der Waals surface area contributed by atoms with Gasteiger partial charge in [-0.15, -0.1) is 5.10 Å². The molecule has 1 N–H and O–H groups in total. The van der Waals surface area contributed by atoms with Crippen LogP contribution < -0.4 is 10.1 Å². The maximum Gasteiger partial charge on any atom is 0.338 e. The van der Waals surface area contributed by atoms with E-state index >= 15 is 0 Å². The molecule has 29 heavy (non-hydrogen) atoms. The van der Waals surface area contributed by atoms with E-state index in [9.17, 15) is 9.59 Å². The third kappa shape index (κ3) is 5.76. The molecule has 0 saturated heterocycles.